The first-order valence-corrected chi connectivity index (χ1v) is 9.86. The van der Waals surface area contributed by atoms with Crippen LogP contribution in [0.2, 0.25) is 0 Å². The number of carbonyl (C=O) groups excluding carboxylic acids is 1. The van der Waals surface area contributed by atoms with Crippen LogP contribution in [0.4, 0.5) is 5.69 Å². The van der Waals surface area contributed by atoms with Crippen molar-refractivity contribution in [2.75, 3.05) is 5.32 Å². The number of aryl methyl sites for hydroxylation is 3. The molecule has 4 rings (SSSR count). The van der Waals surface area contributed by atoms with Crippen LogP contribution in [-0.4, -0.2) is 30.1 Å². The first kappa shape index (κ1) is 19.0. The lowest BCUT2D eigenvalue weighted by molar-refractivity contribution is -0.115. The van der Waals surface area contributed by atoms with Crippen molar-refractivity contribution in [2.45, 2.75) is 30.3 Å². The molecule has 148 valence electrons. The van der Waals surface area contributed by atoms with Crippen LogP contribution in [-0.2, 0) is 18.3 Å². The zero-order valence-electron chi connectivity index (χ0n) is 16.3. The third-order valence-corrected chi connectivity index (χ3v) is 5.83. The molecule has 3 aromatic heterocycles. The van der Waals surface area contributed by atoms with Crippen molar-refractivity contribution >= 4 is 29.0 Å². The molecule has 0 aliphatic heterocycles. The molecule has 8 nitrogen and oxygen atoms in total. The molecule has 29 heavy (non-hydrogen) atoms. The summed E-state index contributed by atoms with van der Waals surface area (Å²) >= 11 is 1.49. The first-order valence-electron chi connectivity index (χ1n) is 9.04. The van der Waals surface area contributed by atoms with Crippen LogP contribution >= 0.6 is 11.8 Å². The smallest absolute Gasteiger partial charge is 0.266 e. The quantitative estimate of drug-likeness (QED) is 0.529. The van der Waals surface area contributed by atoms with Crippen LogP contribution in [0.1, 0.15) is 17.0 Å². The molecule has 0 unspecified atom stereocenters. The fourth-order valence-corrected chi connectivity index (χ4v) is 4.06. The van der Waals surface area contributed by atoms with E-state index in [0.29, 0.717) is 5.65 Å². The number of benzene rings is 1. The van der Waals surface area contributed by atoms with Crippen LogP contribution in [0.5, 0.6) is 0 Å². The van der Waals surface area contributed by atoms with E-state index in [1.165, 1.54) is 17.8 Å². The molecule has 0 radical (unpaired) electrons. The average molecular weight is 408 g/mol. The Labute approximate surface area is 171 Å². The van der Waals surface area contributed by atoms with Crippen LogP contribution in [0.25, 0.3) is 5.65 Å². The first-order chi connectivity index (χ1) is 13.9. The van der Waals surface area contributed by atoms with Gasteiger partial charge in [0.2, 0.25) is 5.91 Å². The minimum absolute atomic E-state index is 0.153. The summed E-state index contributed by atoms with van der Waals surface area (Å²) < 4.78 is 3.54. The number of anilines is 1. The number of aromatic amines is 1. The third-order valence-electron chi connectivity index (χ3n) is 4.68. The molecule has 4 aromatic rings. The number of para-hydroxylation sites is 1. The molecule has 3 heterocycles. The molecule has 0 saturated heterocycles. The Morgan fingerprint density at radius 2 is 2.07 bits per heavy atom. The summed E-state index contributed by atoms with van der Waals surface area (Å²) in [7, 11) is 1.93. The van der Waals surface area contributed by atoms with Gasteiger partial charge in [-0.25, -0.2) is 14.5 Å². The molecule has 0 spiro atoms. The van der Waals surface area contributed by atoms with Crippen molar-refractivity contribution in [2.24, 2.45) is 7.05 Å². The Hall–Kier alpha value is -3.33. The van der Waals surface area contributed by atoms with Gasteiger partial charge in [0.15, 0.2) is 10.8 Å². The standard InChI is InChI=1S/C20H20N6O2S/c1-12-14(13(2)26-17(22-12)11-19(28)24-26)10-18(27)23-15-6-4-5-7-16(15)29-20-21-8-9-25(20)3/h4-9,11H,10H2,1-3H3,(H,23,27)(H,24,28). The maximum absolute atomic E-state index is 12.8. The predicted octanol–water partition coefficient (Wildman–Crippen LogP) is 2.71. The number of hydrogen-bond acceptors (Lipinski definition) is 5. The highest BCUT2D eigenvalue weighted by atomic mass is 32.2. The normalized spacial score (nSPS) is 11.1. The van der Waals surface area contributed by atoms with Crippen molar-refractivity contribution in [1.82, 2.24) is 24.1 Å². The highest BCUT2D eigenvalue weighted by Crippen LogP contribution is 2.32. The number of H-pyrrole nitrogens is 1. The van der Waals surface area contributed by atoms with E-state index < -0.39 is 0 Å². The van der Waals surface area contributed by atoms with Crippen LogP contribution in [0.3, 0.4) is 0 Å². The number of hydrogen-bond donors (Lipinski definition) is 2. The van der Waals surface area contributed by atoms with E-state index in [0.717, 1.165) is 32.7 Å². The summed E-state index contributed by atoms with van der Waals surface area (Å²) in [6.45, 7) is 3.71. The number of nitrogens with zero attached hydrogens (tertiary/aromatic N) is 4. The van der Waals surface area contributed by atoms with Crippen molar-refractivity contribution in [1.29, 1.82) is 0 Å². The predicted molar refractivity (Wildman–Crippen MR) is 111 cm³/mol. The second-order valence-corrected chi connectivity index (χ2v) is 7.73. The number of aromatic nitrogens is 5. The Kier molecular flexibility index (Phi) is 4.98. The van der Waals surface area contributed by atoms with Crippen molar-refractivity contribution in [3.05, 3.63) is 70.0 Å². The van der Waals surface area contributed by atoms with Crippen molar-refractivity contribution in [3.8, 4) is 0 Å². The van der Waals surface area contributed by atoms with Gasteiger partial charge < -0.3 is 9.88 Å². The number of rotatable bonds is 5. The summed E-state index contributed by atoms with van der Waals surface area (Å²) in [6.07, 6.45) is 3.77. The molecular formula is C20H20N6O2S. The molecule has 0 bridgehead atoms. The van der Waals surface area contributed by atoms with Crippen LogP contribution in [0.15, 0.2) is 57.6 Å². The van der Waals surface area contributed by atoms with E-state index in [1.54, 1.807) is 10.7 Å². The number of carbonyl (C=O) groups is 1. The maximum Gasteiger partial charge on any atom is 0.266 e. The minimum atomic E-state index is -0.221. The molecule has 0 fully saturated rings. The van der Waals surface area contributed by atoms with E-state index >= 15 is 0 Å². The lowest BCUT2D eigenvalue weighted by Crippen LogP contribution is -2.18. The summed E-state index contributed by atoms with van der Waals surface area (Å²) in [5.74, 6) is -0.153. The van der Waals surface area contributed by atoms with Crippen molar-refractivity contribution in [3.63, 3.8) is 0 Å². The number of amides is 1. The van der Waals surface area contributed by atoms with E-state index in [-0.39, 0.29) is 17.9 Å². The molecule has 0 saturated carbocycles. The van der Waals surface area contributed by atoms with Gasteiger partial charge in [0.25, 0.3) is 5.56 Å². The van der Waals surface area contributed by atoms with Crippen LogP contribution < -0.4 is 10.9 Å². The summed E-state index contributed by atoms with van der Waals surface area (Å²) in [5, 5.41) is 6.54. The fourth-order valence-electron chi connectivity index (χ4n) is 3.17. The molecule has 9 heteroatoms. The zero-order valence-corrected chi connectivity index (χ0v) is 17.1. The molecular weight excluding hydrogens is 388 g/mol. The van der Waals surface area contributed by atoms with Gasteiger partial charge in [-0.2, -0.15) is 0 Å². The van der Waals surface area contributed by atoms with Gasteiger partial charge >= 0.3 is 0 Å². The number of fused-ring (bicyclic) bond motifs is 1. The highest BCUT2D eigenvalue weighted by molar-refractivity contribution is 7.99. The van der Waals surface area contributed by atoms with E-state index in [4.69, 9.17) is 0 Å². The lowest BCUT2D eigenvalue weighted by atomic mass is 10.1. The average Bonchev–Trinajstić information content (AvgIpc) is 3.25. The summed E-state index contributed by atoms with van der Waals surface area (Å²) in [4.78, 5) is 34.1. The van der Waals surface area contributed by atoms with Gasteiger partial charge in [0.1, 0.15) is 0 Å². The number of nitrogens with one attached hydrogen (secondary N) is 2. The second-order valence-electron chi connectivity index (χ2n) is 6.72. The summed E-state index contributed by atoms with van der Waals surface area (Å²) in [6, 6.07) is 9.06. The van der Waals surface area contributed by atoms with Crippen LogP contribution in [0, 0.1) is 13.8 Å². The molecule has 1 amide bonds. The summed E-state index contributed by atoms with van der Waals surface area (Å²) in [5.41, 5.74) is 3.36. The zero-order chi connectivity index (χ0) is 20.5. The SMILES string of the molecule is Cc1nc2cc(=O)[nH]n2c(C)c1CC(=O)Nc1ccccc1Sc1nccn1C. The second kappa shape index (κ2) is 7.59. The molecule has 1 aromatic carbocycles. The highest BCUT2D eigenvalue weighted by Gasteiger charge is 2.16. The molecule has 0 aliphatic rings. The van der Waals surface area contributed by atoms with Gasteiger partial charge in [0, 0.05) is 47.4 Å². The largest absolute Gasteiger partial charge is 0.329 e. The monoisotopic (exact) mass is 408 g/mol. The Morgan fingerprint density at radius 1 is 1.28 bits per heavy atom. The van der Waals surface area contributed by atoms with Gasteiger partial charge in [-0.3, -0.25) is 14.7 Å². The Morgan fingerprint density at radius 3 is 2.83 bits per heavy atom. The van der Waals surface area contributed by atoms with Gasteiger partial charge in [-0.15, -0.1) is 0 Å². The Balaban J connectivity index is 1.58. The van der Waals surface area contributed by atoms with Gasteiger partial charge in [0.05, 0.1) is 12.1 Å². The van der Waals surface area contributed by atoms with E-state index in [2.05, 4.69) is 20.4 Å². The molecule has 0 atom stereocenters. The van der Waals surface area contributed by atoms with Gasteiger partial charge in [-0.1, -0.05) is 12.1 Å². The fraction of sp³-hybridized carbons (Fsp3) is 0.200. The van der Waals surface area contributed by atoms with E-state index in [9.17, 15) is 9.59 Å². The Bertz CT molecular complexity index is 1270. The minimum Gasteiger partial charge on any atom is -0.329 e. The van der Waals surface area contributed by atoms with E-state index in [1.807, 2.05) is 55.9 Å². The topological polar surface area (TPSA) is 97.1 Å². The van der Waals surface area contributed by atoms with Gasteiger partial charge in [-0.05, 0) is 37.7 Å². The third kappa shape index (κ3) is 3.81. The number of imidazole rings is 1. The maximum atomic E-state index is 12.8. The molecule has 2 N–H and O–H groups in total. The molecule has 0 aliphatic carbocycles. The lowest BCUT2D eigenvalue weighted by Gasteiger charge is -2.13. The van der Waals surface area contributed by atoms with Crippen molar-refractivity contribution < 1.29 is 4.79 Å².